The number of aliphatic carboxylic acids is 1. The molecular formula is C20H26N2O4. The van der Waals surface area contributed by atoms with Gasteiger partial charge in [-0.3, -0.25) is 4.79 Å². The average molecular weight is 358 g/mol. The molecule has 2 N–H and O–H groups in total. The molecule has 1 heterocycles. The first-order chi connectivity index (χ1) is 12.6. The first-order valence-electron chi connectivity index (χ1n) is 9.63. The van der Waals surface area contributed by atoms with Gasteiger partial charge in [-0.05, 0) is 56.6 Å². The van der Waals surface area contributed by atoms with Crippen LogP contribution in [-0.2, 0) is 4.79 Å². The molecule has 1 saturated heterocycles. The zero-order valence-electron chi connectivity index (χ0n) is 14.9. The first kappa shape index (κ1) is 17.2. The van der Waals surface area contributed by atoms with Gasteiger partial charge in [0, 0.05) is 24.8 Å². The minimum atomic E-state index is -0.762. The summed E-state index contributed by atoms with van der Waals surface area (Å²) in [7, 11) is 0. The van der Waals surface area contributed by atoms with Crippen LogP contribution in [0.3, 0.4) is 0 Å². The largest absolute Gasteiger partial charge is 0.490 e. The maximum Gasteiger partial charge on any atom is 0.321 e. The van der Waals surface area contributed by atoms with E-state index in [2.05, 4.69) is 5.32 Å². The molecule has 2 amide bonds. The van der Waals surface area contributed by atoms with E-state index in [-0.39, 0.29) is 18.1 Å². The number of nitrogens with one attached hydrogen (secondary N) is 1. The lowest BCUT2D eigenvalue weighted by Crippen LogP contribution is -2.38. The van der Waals surface area contributed by atoms with E-state index in [0.29, 0.717) is 25.2 Å². The lowest BCUT2D eigenvalue weighted by molar-refractivity contribution is -0.149. The minimum absolute atomic E-state index is 0.0720. The molecule has 1 aliphatic heterocycles. The minimum Gasteiger partial charge on any atom is -0.490 e. The van der Waals surface area contributed by atoms with Crippen molar-refractivity contribution in [2.45, 2.75) is 51.0 Å². The zero-order chi connectivity index (χ0) is 18.1. The van der Waals surface area contributed by atoms with Crippen LogP contribution in [0.5, 0.6) is 5.75 Å². The molecule has 2 atom stereocenters. The van der Waals surface area contributed by atoms with Crippen LogP contribution in [0.4, 0.5) is 10.5 Å². The molecule has 3 aliphatic rings. The molecule has 0 aromatic heterocycles. The molecule has 0 spiro atoms. The Morgan fingerprint density at radius 3 is 2.73 bits per heavy atom. The number of carboxylic acid groups (broad SMARTS) is 1. The Labute approximate surface area is 153 Å². The molecule has 140 valence electrons. The van der Waals surface area contributed by atoms with Crippen molar-refractivity contribution in [3.05, 3.63) is 24.3 Å². The van der Waals surface area contributed by atoms with Crippen LogP contribution in [0, 0.1) is 11.3 Å². The standard InChI is InChI=1S/C20H26N2O4/c23-18(24)20-10-4-5-14(20)12-22(13-20)19(25)21-15-6-3-9-17(11-15)26-16-7-1-2-8-16/h3,6,9,11,14,16H,1-2,4-5,7-8,10,12-13H2,(H,21,25)(H,23,24)/t14-,20+/m0/s1. The van der Waals surface area contributed by atoms with Gasteiger partial charge in [0.25, 0.3) is 0 Å². The second-order valence-electron chi connectivity index (χ2n) is 7.91. The molecular weight excluding hydrogens is 332 g/mol. The quantitative estimate of drug-likeness (QED) is 0.860. The molecule has 1 aromatic carbocycles. The van der Waals surface area contributed by atoms with Crippen LogP contribution in [0.1, 0.15) is 44.9 Å². The fourth-order valence-electron chi connectivity index (χ4n) is 4.84. The van der Waals surface area contributed by atoms with E-state index in [9.17, 15) is 14.7 Å². The molecule has 4 rings (SSSR count). The summed E-state index contributed by atoms with van der Waals surface area (Å²) in [6.45, 7) is 0.827. The summed E-state index contributed by atoms with van der Waals surface area (Å²) in [6, 6.07) is 7.24. The summed E-state index contributed by atoms with van der Waals surface area (Å²) in [6.07, 6.45) is 7.36. The second kappa shape index (κ2) is 6.82. The van der Waals surface area contributed by atoms with Crippen LogP contribution in [0.2, 0.25) is 0 Å². The maximum atomic E-state index is 12.6. The Balaban J connectivity index is 1.40. The Morgan fingerprint density at radius 1 is 1.19 bits per heavy atom. The number of likely N-dealkylation sites (tertiary alicyclic amines) is 1. The third-order valence-corrected chi connectivity index (χ3v) is 6.27. The predicted octanol–water partition coefficient (Wildman–Crippen LogP) is 3.73. The van der Waals surface area contributed by atoms with Gasteiger partial charge in [-0.2, -0.15) is 0 Å². The van der Waals surface area contributed by atoms with E-state index in [0.717, 1.165) is 31.4 Å². The SMILES string of the molecule is O=C(Nc1cccc(OC2CCCC2)c1)N1C[C@@H]2CCC[C@@]2(C(=O)O)C1. The zero-order valence-corrected chi connectivity index (χ0v) is 14.9. The number of anilines is 1. The molecule has 0 unspecified atom stereocenters. The van der Waals surface area contributed by atoms with E-state index >= 15 is 0 Å². The Bertz CT molecular complexity index is 701. The number of hydrogen-bond acceptors (Lipinski definition) is 3. The lowest BCUT2D eigenvalue weighted by atomic mass is 9.81. The van der Waals surface area contributed by atoms with Gasteiger partial charge in [0.2, 0.25) is 0 Å². The molecule has 3 fully saturated rings. The molecule has 6 heteroatoms. The predicted molar refractivity (Wildman–Crippen MR) is 97.3 cm³/mol. The summed E-state index contributed by atoms with van der Waals surface area (Å²) in [5.41, 5.74) is -0.0583. The van der Waals surface area contributed by atoms with Gasteiger partial charge in [-0.1, -0.05) is 12.5 Å². The Morgan fingerprint density at radius 2 is 2.00 bits per heavy atom. The number of fused-ring (bicyclic) bond motifs is 1. The van der Waals surface area contributed by atoms with E-state index in [1.807, 2.05) is 24.3 Å². The fourth-order valence-corrected chi connectivity index (χ4v) is 4.84. The summed E-state index contributed by atoms with van der Waals surface area (Å²) < 4.78 is 5.99. The van der Waals surface area contributed by atoms with Crippen molar-refractivity contribution in [2.75, 3.05) is 18.4 Å². The highest BCUT2D eigenvalue weighted by Gasteiger charge is 2.55. The highest BCUT2D eigenvalue weighted by atomic mass is 16.5. The molecule has 0 radical (unpaired) electrons. The maximum absolute atomic E-state index is 12.6. The summed E-state index contributed by atoms with van der Waals surface area (Å²) >= 11 is 0. The van der Waals surface area contributed by atoms with Gasteiger partial charge in [-0.25, -0.2) is 4.79 Å². The monoisotopic (exact) mass is 358 g/mol. The normalized spacial score (nSPS) is 28.2. The summed E-state index contributed by atoms with van der Waals surface area (Å²) in [5.74, 6) is 0.0834. The van der Waals surface area contributed by atoms with Crippen LogP contribution < -0.4 is 10.1 Å². The number of carboxylic acids is 1. The van der Waals surface area contributed by atoms with Crippen molar-refractivity contribution in [3.8, 4) is 5.75 Å². The van der Waals surface area contributed by atoms with Crippen LogP contribution in [0.15, 0.2) is 24.3 Å². The van der Waals surface area contributed by atoms with E-state index < -0.39 is 11.4 Å². The van der Waals surface area contributed by atoms with Crippen molar-refractivity contribution in [2.24, 2.45) is 11.3 Å². The first-order valence-corrected chi connectivity index (χ1v) is 9.63. The van der Waals surface area contributed by atoms with Gasteiger partial charge < -0.3 is 20.1 Å². The number of carbonyl (C=O) groups excluding carboxylic acids is 1. The van der Waals surface area contributed by atoms with Crippen molar-refractivity contribution >= 4 is 17.7 Å². The smallest absolute Gasteiger partial charge is 0.321 e. The van der Waals surface area contributed by atoms with Gasteiger partial charge in [0.15, 0.2) is 0 Å². The van der Waals surface area contributed by atoms with Gasteiger partial charge in [0.1, 0.15) is 5.75 Å². The molecule has 6 nitrogen and oxygen atoms in total. The van der Waals surface area contributed by atoms with Crippen molar-refractivity contribution in [1.82, 2.24) is 4.90 Å². The highest BCUT2D eigenvalue weighted by Crippen LogP contribution is 2.48. The number of nitrogens with zero attached hydrogens (tertiary/aromatic N) is 1. The summed E-state index contributed by atoms with van der Waals surface area (Å²) in [5, 5.41) is 12.6. The van der Waals surface area contributed by atoms with Crippen molar-refractivity contribution < 1.29 is 19.4 Å². The number of hydrogen-bond donors (Lipinski definition) is 2. The lowest BCUT2D eigenvalue weighted by Gasteiger charge is -2.23. The van der Waals surface area contributed by atoms with Crippen LogP contribution in [0.25, 0.3) is 0 Å². The van der Waals surface area contributed by atoms with Gasteiger partial charge in [0.05, 0.1) is 11.5 Å². The van der Waals surface area contributed by atoms with Crippen LogP contribution >= 0.6 is 0 Å². The molecule has 2 saturated carbocycles. The Kier molecular flexibility index (Phi) is 4.51. The number of ether oxygens (including phenoxy) is 1. The number of carbonyl (C=O) groups is 2. The third-order valence-electron chi connectivity index (χ3n) is 6.27. The second-order valence-corrected chi connectivity index (χ2v) is 7.91. The van der Waals surface area contributed by atoms with Gasteiger partial charge >= 0.3 is 12.0 Å². The number of rotatable bonds is 4. The van der Waals surface area contributed by atoms with E-state index in [1.54, 1.807) is 4.90 Å². The average Bonchev–Trinajstić information content (AvgIpc) is 3.30. The Hall–Kier alpha value is -2.24. The molecule has 1 aromatic rings. The van der Waals surface area contributed by atoms with Crippen molar-refractivity contribution in [1.29, 1.82) is 0 Å². The molecule has 0 bridgehead atoms. The molecule has 2 aliphatic carbocycles. The summed E-state index contributed by atoms with van der Waals surface area (Å²) in [4.78, 5) is 26.1. The number of urea groups is 1. The van der Waals surface area contributed by atoms with E-state index in [4.69, 9.17) is 4.74 Å². The van der Waals surface area contributed by atoms with E-state index in [1.165, 1.54) is 12.8 Å². The third kappa shape index (κ3) is 3.13. The van der Waals surface area contributed by atoms with Gasteiger partial charge in [-0.15, -0.1) is 0 Å². The van der Waals surface area contributed by atoms with Crippen molar-refractivity contribution in [3.63, 3.8) is 0 Å². The highest BCUT2D eigenvalue weighted by molar-refractivity contribution is 5.90. The topological polar surface area (TPSA) is 78.9 Å². The molecule has 26 heavy (non-hydrogen) atoms. The fraction of sp³-hybridized carbons (Fsp3) is 0.600. The number of amides is 2. The van der Waals surface area contributed by atoms with Crippen LogP contribution in [-0.4, -0.2) is 41.2 Å². The number of benzene rings is 1.